The minimum Gasteiger partial charge on any atom is -0.465 e. The maximum absolute atomic E-state index is 13.0. The van der Waals surface area contributed by atoms with Crippen LogP contribution in [0.1, 0.15) is 46.4 Å². The molecule has 0 aliphatic carbocycles. The topological polar surface area (TPSA) is 72.9 Å². The molecule has 0 bridgehead atoms. The van der Waals surface area contributed by atoms with Gasteiger partial charge in [-0.2, -0.15) is 0 Å². The average Bonchev–Trinajstić information content (AvgIpc) is 2.76. The molecule has 6 nitrogen and oxygen atoms in total. The van der Waals surface area contributed by atoms with Gasteiger partial charge in [-0.25, -0.2) is 9.59 Å². The lowest BCUT2D eigenvalue weighted by atomic mass is 10.1. The Labute approximate surface area is 178 Å². The summed E-state index contributed by atoms with van der Waals surface area (Å²) >= 11 is 3.40. The second kappa shape index (κ2) is 11.4. The quantitative estimate of drug-likeness (QED) is 0.302. The normalized spacial score (nSPS) is 10.3. The van der Waals surface area contributed by atoms with E-state index in [4.69, 9.17) is 9.47 Å². The van der Waals surface area contributed by atoms with Gasteiger partial charge in [-0.15, -0.1) is 0 Å². The van der Waals surface area contributed by atoms with Crippen LogP contribution in [-0.2, 0) is 14.3 Å². The lowest BCUT2D eigenvalue weighted by molar-refractivity contribution is -0.118. The summed E-state index contributed by atoms with van der Waals surface area (Å²) in [7, 11) is 2.64. The average molecular weight is 462 g/mol. The predicted octanol–water partition coefficient (Wildman–Crippen LogP) is 4.88. The Hall–Kier alpha value is -2.67. The molecular weight excluding hydrogens is 438 g/mol. The van der Waals surface area contributed by atoms with Crippen molar-refractivity contribution < 1.29 is 23.9 Å². The maximum atomic E-state index is 13.0. The molecule has 0 aliphatic rings. The fourth-order valence-electron chi connectivity index (χ4n) is 2.83. The van der Waals surface area contributed by atoms with Crippen molar-refractivity contribution in [2.24, 2.45) is 0 Å². The molecule has 0 aliphatic heterocycles. The Kier molecular flexibility index (Phi) is 8.86. The maximum Gasteiger partial charge on any atom is 0.337 e. The third kappa shape index (κ3) is 6.15. The molecule has 2 aromatic carbocycles. The standard InChI is InChI=1S/C22H24BrNO5/c1-28-21(26)16-7-11-18(12-8-16)24(20(25)6-4-3-5-15-23)19-13-9-17(10-14-19)22(27)29-2/h7-14H,3-6,15H2,1-2H3. The number of ether oxygens (including phenoxy) is 2. The SMILES string of the molecule is COC(=O)c1ccc(N(C(=O)CCCCCBr)c2ccc(C(=O)OC)cc2)cc1. The number of rotatable bonds is 9. The zero-order valence-corrected chi connectivity index (χ0v) is 18.1. The van der Waals surface area contributed by atoms with Crippen molar-refractivity contribution in [1.82, 2.24) is 0 Å². The molecule has 0 N–H and O–H groups in total. The summed E-state index contributed by atoms with van der Waals surface area (Å²) in [6, 6.07) is 13.3. The molecule has 0 fully saturated rings. The highest BCUT2D eigenvalue weighted by atomic mass is 79.9. The van der Waals surface area contributed by atoms with Crippen LogP contribution in [0.4, 0.5) is 11.4 Å². The van der Waals surface area contributed by atoms with Crippen molar-refractivity contribution in [3.8, 4) is 0 Å². The number of methoxy groups -OCH3 is 2. The number of hydrogen-bond acceptors (Lipinski definition) is 5. The predicted molar refractivity (Wildman–Crippen MR) is 115 cm³/mol. The highest BCUT2D eigenvalue weighted by molar-refractivity contribution is 9.09. The zero-order valence-electron chi connectivity index (χ0n) is 16.5. The third-order valence-corrected chi connectivity index (χ3v) is 4.93. The molecular formula is C22H24BrNO5. The highest BCUT2D eigenvalue weighted by Gasteiger charge is 2.19. The van der Waals surface area contributed by atoms with Gasteiger partial charge in [0.25, 0.3) is 0 Å². The van der Waals surface area contributed by atoms with Crippen molar-refractivity contribution in [1.29, 1.82) is 0 Å². The van der Waals surface area contributed by atoms with E-state index >= 15 is 0 Å². The molecule has 0 unspecified atom stereocenters. The first-order chi connectivity index (χ1) is 14.0. The first kappa shape index (κ1) is 22.6. The van der Waals surface area contributed by atoms with E-state index in [1.807, 2.05) is 0 Å². The molecule has 0 aromatic heterocycles. The molecule has 0 saturated heterocycles. The molecule has 0 heterocycles. The van der Waals surface area contributed by atoms with Crippen LogP contribution in [0.2, 0.25) is 0 Å². The van der Waals surface area contributed by atoms with Gasteiger partial charge in [-0.1, -0.05) is 22.4 Å². The van der Waals surface area contributed by atoms with Crippen LogP contribution in [0, 0.1) is 0 Å². The number of carbonyl (C=O) groups excluding carboxylic acids is 3. The number of esters is 2. The summed E-state index contributed by atoms with van der Waals surface area (Å²) in [6.07, 6.45) is 3.13. The Balaban J connectivity index is 2.31. The van der Waals surface area contributed by atoms with Gasteiger partial charge in [-0.3, -0.25) is 9.69 Å². The van der Waals surface area contributed by atoms with E-state index < -0.39 is 11.9 Å². The zero-order chi connectivity index (χ0) is 21.2. The summed E-state index contributed by atoms with van der Waals surface area (Å²) in [6.45, 7) is 0. The van der Waals surface area contributed by atoms with Crippen LogP contribution < -0.4 is 4.90 Å². The number of halogens is 1. The van der Waals surface area contributed by atoms with E-state index in [-0.39, 0.29) is 5.91 Å². The molecule has 2 aromatic rings. The molecule has 1 amide bonds. The van der Waals surface area contributed by atoms with Gasteiger partial charge in [0.05, 0.1) is 25.3 Å². The van der Waals surface area contributed by atoms with Crippen LogP contribution in [0.3, 0.4) is 0 Å². The van der Waals surface area contributed by atoms with Gasteiger partial charge in [0.2, 0.25) is 5.91 Å². The van der Waals surface area contributed by atoms with Crippen molar-refractivity contribution in [2.75, 3.05) is 24.4 Å². The Morgan fingerprint density at radius 2 is 1.21 bits per heavy atom. The van der Waals surface area contributed by atoms with E-state index in [1.54, 1.807) is 53.4 Å². The number of nitrogens with zero attached hydrogens (tertiary/aromatic N) is 1. The van der Waals surface area contributed by atoms with Crippen LogP contribution in [-0.4, -0.2) is 37.4 Å². The Morgan fingerprint density at radius 3 is 1.59 bits per heavy atom. The number of alkyl halides is 1. The van der Waals surface area contributed by atoms with Crippen molar-refractivity contribution in [3.63, 3.8) is 0 Å². The first-order valence-electron chi connectivity index (χ1n) is 9.27. The van der Waals surface area contributed by atoms with Gasteiger partial charge in [0.1, 0.15) is 0 Å². The number of unbranched alkanes of at least 4 members (excludes halogenated alkanes) is 2. The van der Waals surface area contributed by atoms with E-state index in [2.05, 4.69) is 15.9 Å². The van der Waals surface area contributed by atoms with E-state index in [0.29, 0.717) is 28.9 Å². The minimum atomic E-state index is -0.438. The smallest absolute Gasteiger partial charge is 0.337 e. The van der Waals surface area contributed by atoms with Gasteiger partial charge in [-0.05, 0) is 61.4 Å². The summed E-state index contributed by atoms with van der Waals surface area (Å²) in [5.41, 5.74) is 2.08. The number of anilines is 2. The number of amides is 1. The number of carbonyl (C=O) groups is 3. The molecule has 0 spiro atoms. The highest BCUT2D eigenvalue weighted by Crippen LogP contribution is 2.28. The van der Waals surface area contributed by atoms with Gasteiger partial charge in [0, 0.05) is 23.1 Å². The van der Waals surface area contributed by atoms with Crippen LogP contribution >= 0.6 is 15.9 Å². The summed E-state index contributed by atoms with van der Waals surface area (Å²) in [5.74, 6) is -0.936. The van der Waals surface area contributed by atoms with Gasteiger partial charge < -0.3 is 9.47 Å². The fraction of sp³-hybridized carbons (Fsp3) is 0.318. The number of benzene rings is 2. The van der Waals surface area contributed by atoms with Crippen LogP contribution in [0.15, 0.2) is 48.5 Å². The van der Waals surface area contributed by atoms with E-state index in [0.717, 1.165) is 24.6 Å². The second-order valence-corrected chi connectivity index (χ2v) is 7.10. The molecule has 0 saturated carbocycles. The Bertz CT molecular complexity index is 774. The van der Waals surface area contributed by atoms with E-state index in [1.165, 1.54) is 14.2 Å². The summed E-state index contributed by atoms with van der Waals surface area (Å²) in [5, 5.41) is 0.912. The second-order valence-electron chi connectivity index (χ2n) is 6.31. The number of hydrogen-bond donors (Lipinski definition) is 0. The third-order valence-electron chi connectivity index (χ3n) is 4.37. The van der Waals surface area contributed by atoms with Crippen molar-refractivity contribution in [3.05, 3.63) is 59.7 Å². The Morgan fingerprint density at radius 1 is 0.759 bits per heavy atom. The minimum absolute atomic E-state index is 0.0591. The van der Waals surface area contributed by atoms with Gasteiger partial charge >= 0.3 is 11.9 Å². The van der Waals surface area contributed by atoms with Gasteiger partial charge in [0.15, 0.2) is 0 Å². The lowest BCUT2D eigenvalue weighted by Gasteiger charge is -2.23. The largest absolute Gasteiger partial charge is 0.465 e. The molecule has 0 radical (unpaired) electrons. The van der Waals surface area contributed by atoms with E-state index in [9.17, 15) is 14.4 Å². The monoisotopic (exact) mass is 461 g/mol. The van der Waals surface area contributed by atoms with Crippen LogP contribution in [0.5, 0.6) is 0 Å². The van der Waals surface area contributed by atoms with Crippen molar-refractivity contribution >= 4 is 45.2 Å². The molecule has 0 atom stereocenters. The molecule has 29 heavy (non-hydrogen) atoms. The summed E-state index contributed by atoms with van der Waals surface area (Å²) in [4.78, 5) is 37.9. The first-order valence-corrected chi connectivity index (χ1v) is 10.4. The summed E-state index contributed by atoms with van der Waals surface area (Å²) < 4.78 is 9.45. The lowest BCUT2D eigenvalue weighted by Crippen LogP contribution is -2.25. The molecule has 2 rings (SSSR count). The molecule has 7 heteroatoms. The molecule has 154 valence electrons. The van der Waals surface area contributed by atoms with Crippen molar-refractivity contribution in [2.45, 2.75) is 25.7 Å². The fourth-order valence-corrected chi connectivity index (χ4v) is 3.22. The van der Waals surface area contributed by atoms with Crippen LogP contribution in [0.25, 0.3) is 0 Å².